The summed E-state index contributed by atoms with van der Waals surface area (Å²) in [6, 6.07) is 4.80. The molecular formula is C12H20BrN3O2S. The number of anilines is 1. The van der Waals surface area contributed by atoms with E-state index in [9.17, 15) is 8.42 Å². The molecule has 0 aromatic heterocycles. The van der Waals surface area contributed by atoms with E-state index < -0.39 is 10.0 Å². The van der Waals surface area contributed by atoms with E-state index in [4.69, 9.17) is 5.73 Å². The van der Waals surface area contributed by atoms with Gasteiger partial charge in [0, 0.05) is 11.0 Å². The summed E-state index contributed by atoms with van der Waals surface area (Å²) in [6.45, 7) is 1.36. The van der Waals surface area contributed by atoms with Gasteiger partial charge < -0.3 is 10.6 Å². The van der Waals surface area contributed by atoms with E-state index in [-0.39, 0.29) is 10.6 Å². The summed E-state index contributed by atoms with van der Waals surface area (Å²) in [4.78, 5) is 2.19. The van der Waals surface area contributed by atoms with Gasteiger partial charge in [-0.3, -0.25) is 0 Å². The number of benzene rings is 1. The van der Waals surface area contributed by atoms with Crippen LogP contribution in [0.5, 0.6) is 0 Å². The Kier molecular flexibility index (Phi) is 6.25. The van der Waals surface area contributed by atoms with Crippen molar-refractivity contribution in [3.05, 3.63) is 22.7 Å². The van der Waals surface area contributed by atoms with E-state index in [2.05, 4.69) is 25.6 Å². The van der Waals surface area contributed by atoms with Crippen LogP contribution in [0.1, 0.15) is 12.8 Å². The maximum atomic E-state index is 12.1. The monoisotopic (exact) mass is 349 g/mol. The molecule has 0 atom stereocenters. The Labute approximate surface area is 123 Å². The highest BCUT2D eigenvalue weighted by atomic mass is 79.9. The van der Waals surface area contributed by atoms with Crippen LogP contribution in [0.25, 0.3) is 0 Å². The van der Waals surface area contributed by atoms with Gasteiger partial charge >= 0.3 is 0 Å². The first kappa shape index (κ1) is 16.4. The van der Waals surface area contributed by atoms with Gasteiger partial charge in [-0.05, 0) is 51.7 Å². The van der Waals surface area contributed by atoms with Gasteiger partial charge in [0.15, 0.2) is 0 Å². The maximum Gasteiger partial charge on any atom is 0.242 e. The fraction of sp³-hybridized carbons (Fsp3) is 0.500. The van der Waals surface area contributed by atoms with Crippen LogP contribution in [-0.2, 0) is 10.0 Å². The zero-order valence-electron chi connectivity index (χ0n) is 11.2. The number of halogens is 1. The zero-order valence-corrected chi connectivity index (χ0v) is 13.6. The quantitative estimate of drug-likeness (QED) is 0.579. The second-order valence-electron chi connectivity index (χ2n) is 4.59. The van der Waals surface area contributed by atoms with Gasteiger partial charge in [-0.2, -0.15) is 0 Å². The number of nitrogen functional groups attached to an aromatic ring is 1. The minimum atomic E-state index is -3.53. The average molecular weight is 350 g/mol. The largest absolute Gasteiger partial charge is 0.398 e. The third-order valence-electron chi connectivity index (χ3n) is 2.59. The fourth-order valence-electron chi connectivity index (χ4n) is 1.58. The normalized spacial score (nSPS) is 12.0. The molecule has 0 fully saturated rings. The molecule has 19 heavy (non-hydrogen) atoms. The van der Waals surface area contributed by atoms with Gasteiger partial charge in [-0.25, -0.2) is 13.1 Å². The van der Waals surface area contributed by atoms with E-state index in [1.165, 1.54) is 6.07 Å². The Morgan fingerprint density at radius 3 is 2.63 bits per heavy atom. The number of nitrogens with zero attached hydrogens (tertiary/aromatic N) is 1. The molecule has 0 aliphatic heterocycles. The molecule has 0 amide bonds. The summed E-state index contributed by atoms with van der Waals surface area (Å²) in [6.07, 6.45) is 1.74. The van der Waals surface area contributed by atoms with Crippen molar-refractivity contribution in [1.29, 1.82) is 0 Å². The molecule has 7 heteroatoms. The second-order valence-corrected chi connectivity index (χ2v) is 7.24. The van der Waals surface area contributed by atoms with Crippen LogP contribution in [0.2, 0.25) is 0 Å². The molecule has 0 saturated heterocycles. The number of hydrogen-bond donors (Lipinski definition) is 2. The Bertz CT molecular complexity index is 518. The number of hydrogen-bond acceptors (Lipinski definition) is 4. The Hall–Kier alpha value is -0.630. The highest BCUT2D eigenvalue weighted by molar-refractivity contribution is 9.10. The summed E-state index contributed by atoms with van der Waals surface area (Å²) in [5.74, 6) is 0. The first-order valence-corrected chi connectivity index (χ1v) is 8.30. The molecule has 3 N–H and O–H groups in total. The topological polar surface area (TPSA) is 75.4 Å². The van der Waals surface area contributed by atoms with Gasteiger partial charge in [0.25, 0.3) is 0 Å². The van der Waals surface area contributed by atoms with E-state index in [1.54, 1.807) is 12.1 Å². The molecule has 0 aliphatic carbocycles. The van der Waals surface area contributed by atoms with Gasteiger partial charge in [0.1, 0.15) is 4.90 Å². The molecular weight excluding hydrogens is 330 g/mol. The van der Waals surface area contributed by atoms with Crippen molar-refractivity contribution in [2.45, 2.75) is 17.7 Å². The SMILES string of the molecule is CN(C)CCCCNS(=O)(=O)c1cc(Br)ccc1N. The number of unbranched alkanes of at least 4 members (excludes halogenated alkanes) is 1. The summed E-state index contributed by atoms with van der Waals surface area (Å²) in [5.41, 5.74) is 5.95. The van der Waals surface area contributed by atoms with Crippen LogP contribution >= 0.6 is 15.9 Å². The zero-order chi connectivity index (χ0) is 14.5. The van der Waals surface area contributed by atoms with Crippen LogP contribution < -0.4 is 10.5 Å². The predicted molar refractivity (Wildman–Crippen MR) is 81.5 cm³/mol. The lowest BCUT2D eigenvalue weighted by Gasteiger charge is -2.11. The molecule has 0 heterocycles. The second kappa shape index (κ2) is 7.23. The standard InChI is InChI=1S/C12H20BrN3O2S/c1-16(2)8-4-3-7-15-19(17,18)12-9-10(13)5-6-11(12)14/h5-6,9,15H,3-4,7-8,14H2,1-2H3. The molecule has 0 radical (unpaired) electrons. The summed E-state index contributed by atoms with van der Waals surface area (Å²) in [5, 5.41) is 0. The summed E-state index contributed by atoms with van der Waals surface area (Å²) < 4.78 is 27.4. The van der Waals surface area contributed by atoms with E-state index in [0.29, 0.717) is 11.0 Å². The molecule has 0 bridgehead atoms. The van der Waals surface area contributed by atoms with E-state index in [1.807, 2.05) is 14.1 Å². The van der Waals surface area contributed by atoms with E-state index in [0.717, 1.165) is 19.4 Å². The minimum Gasteiger partial charge on any atom is -0.398 e. The predicted octanol–water partition coefficient (Wildman–Crippen LogP) is 1.65. The van der Waals surface area contributed by atoms with Gasteiger partial charge in [-0.1, -0.05) is 15.9 Å². The molecule has 108 valence electrons. The van der Waals surface area contributed by atoms with Gasteiger partial charge in [0.2, 0.25) is 10.0 Å². The molecule has 1 aromatic carbocycles. The van der Waals surface area contributed by atoms with Crippen LogP contribution in [0.3, 0.4) is 0 Å². The Morgan fingerprint density at radius 1 is 1.32 bits per heavy atom. The van der Waals surface area contributed by atoms with Crippen molar-refractivity contribution in [3.63, 3.8) is 0 Å². The molecule has 1 aromatic rings. The molecule has 1 rings (SSSR count). The lowest BCUT2D eigenvalue weighted by Crippen LogP contribution is -2.26. The third kappa shape index (κ3) is 5.48. The third-order valence-corrected chi connectivity index (χ3v) is 4.60. The Morgan fingerprint density at radius 2 is 2.00 bits per heavy atom. The number of rotatable bonds is 7. The number of nitrogens with one attached hydrogen (secondary N) is 1. The molecule has 5 nitrogen and oxygen atoms in total. The van der Waals surface area contributed by atoms with Crippen molar-refractivity contribution < 1.29 is 8.42 Å². The molecule has 0 unspecified atom stereocenters. The fourth-order valence-corrected chi connectivity index (χ4v) is 3.32. The smallest absolute Gasteiger partial charge is 0.242 e. The highest BCUT2D eigenvalue weighted by Crippen LogP contribution is 2.22. The van der Waals surface area contributed by atoms with Crippen molar-refractivity contribution >= 4 is 31.6 Å². The van der Waals surface area contributed by atoms with Crippen molar-refractivity contribution in [2.24, 2.45) is 0 Å². The first-order chi connectivity index (χ1) is 8.83. The molecule has 0 spiro atoms. The van der Waals surface area contributed by atoms with E-state index >= 15 is 0 Å². The van der Waals surface area contributed by atoms with Gasteiger partial charge in [0.05, 0.1) is 5.69 Å². The Balaban J connectivity index is 2.59. The molecule has 0 saturated carbocycles. The van der Waals surface area contributed by atoms with Crippen LogP contribution in [0.4, 0.5) is 5.69 Å². The van der Waals surface area contributed by atoms with Crippen molar-refractivity contribution in [2.75, 3.05) is 32.9 Å². The summed E-state index contributed by atoms with van der Waals surface area (Å²) in [7, 11) is 0.452. The van der Waals surface area contributed by atoms with Crippen LogP contribution in [0.15, 0.2) is 27.6 Å². The minimum absolute atomic E-state index is 0.120. The molecule has 0 aliphatic rings. The number of nitrogens with two attached hydrogens (primary N) is 1. The lowest BCUT2D eigenvalue weighted by molar-refractivity contribution is 0.394. The van der Waals surface area contributed by atoms with Crippen LogP contribution in [-0.4, -0.2) is 40.5 Å². The average Bonchev–Trinajstić information content (AvgIpc) is 2.31. The first-order valence-electron chi connectivity index (χ1n) is 6.02. The van der Waals surface area contributed by atoms with Gasteiger partial charge in [-0.15, -0.1) is 0 Å². The van der Waals surface area contributed by atoms with Crippen LogP contribution in [0, 0.1) is 0 Å². The van der Waals surface area contributed by atoms with Crippen molar-refractivity contribution in [3.8, 4) is 0 Å². The lowest BCUT2D eigenvalue weighted by atomic mass is 10.3. The number of sulfonamides is 1. The van der Waals surface area contributed by atoms with Crippen molar-refractivity contribution in [1.82, 2.24) is 9.62 Å². The summed E-state index contributed by atoms with van der Waals surface area (Å²) >= 11 is 3.24. The highest BCUT2D eigenvalue weighted by Gasteiger charge is 2.16. The maximum absolute atomic E-state index is 12.1.